The van der Waals surface area contributed by atoms with E-state index in [1.165, 1.54) is 27.1 Å². The van der Waals surface area contributed by atoms with Crippen molar-refractivity contribution in [3.05, 3.63) is 0 Å². The first-order valence-corrected chi connectivity index (χ1v) is 5.81. The van der Waals surface area contributed by atoms with Crippen molar-refractivity contribution < 1.29 is 9.47 Å². The minimum absolute atomic E-state index is 0.262. The number of ether oxygens (including phenoxy) is 2. The number of nitrogens with one attached hydrogen (secondary N) is 1. The van der Waals surface area contributed by atoms with E-state index in [1.54, 1.807) is 0 Å². The van der Waals surface area contributed by atoms with E-state index in [-0.39, 0.29) is 12.0 Å². The predicted molar refractivity (Wildman–Crippen MR) is 63.3 cm³/mol. The maximum atomic E-state index is 4.98. The standard InChI is InChI=1S/C11H18N4O2/c1-7(8-4-5-8)6-12-9-13-10(16-2)15-11(14-9)17-3/h7-8H,4-6H2,1-3H3,(H,12,13,14,15). The number of anilines is 1. The van der Waals surface area contributed by atoms with Crippen molar-refractivity contribution in [1.82, 2.24) is 15.0 Å². The summed E-state index contributed by atoms with van der Waals surface area (Å²) in [6.07, 6.45) is 2.68. The summed E-state index contributed by atoms with van der Waals surface area (Å²) in [5.74, 6) is 2.00. The van der Waals surface area contributed by atoms with E-state index in [2.05, 4.69) is 27.2 Å². The van der Waals surface area contributed by atoms with Crippen molar-refractivity contribution in [2.75, 3.05) is 26.1 Å². The highest BCUT2D eigenvalue weighted by molar-refractivity contribution is 5.27. The van der Waals surface area contributed by atoms with E-state index in [1.807, 2.05) is 0 Å². The summed E-state index contributed by atoms with van der Waals surface area (Å²) in [7, 11) is 3.04. The van der Waals surface area contributed by atoms with Gasteiger partial charge in [0.2, 0.25) is 5.95 Å². The number of nitrogens with zero attached hydrogens (tertiary/aromatic N) is 3. The van der Waals surface area contributed by atoms with Gasteiger partial charge in [0.1, 0.15) is 0 Å². The third-order valence-corrected chi connectivity index (χ3v) is 2.97. The van der Waals surface area contributed by atoms with E-state index in [9.17, 15) is 0 Å². The third kappa shape index (κ3) is 3.18. The molecule has 0 radical (unpaired) electrons. The van der Waals surface area contributed by atoms with Gasteiger partial charge in [-0.15, -0.1) is 4.98 Å². The molecule has 94 valence electrons. The minimum Gasteiger partial charge on any atom is -0.467 e. The smallest absolute Gasteiger partial charge is 0.324 e. The molecule has 1 aromatic heterocycles. The van der Waals surface area contributed by atoms with Crippen LogP contribution in [0.2, 0.25) is 0 Å². The summed E-state index contributed by atoms with van der Waals surface area (Å²) < 4.78 is 9.96. The van der Waals surface area contributed by atoms with Crippen LogP contribution in [-0.4, -0.2) is 35.7 Å². The van der Waals surface area contributed by atoms with Gasteiger partial charge in [0.15, 0.2) is 0 Å². The molecule has 0 amide bonds. The molecule has 0 aromatic carbocycles. The van der Waals surface area contributed by atoms with Crippen LogP contribution in [0.3, 0.4) is 0 Å². The molecule has 1 fully saturated rings. The Morgan fingerprint density at radius 1 is 1.18 bits per heavy atom. The summed E-state index contributed by atoms with van der Waals surface area (Å²) in [5.41, 5.74) is 0. The van der Waals surface area contributed by atoms with E-state index >= 15 is 0 Å². The summed E-state index contributed by atoms with van der Waals surface area (Å²) in [6, 6.07) is 0.525. The summed E-state index contributed by atoms with van der Waals surface area (Å²) in [5, 5.41) is 3.19. The lowest BCUT2D eigenvalue weighted by atomic mass is 10.1. The quantitative estimate of drug-likeness (QED) is 0.806. The van der Waals surface area contributed by atoms with Gasteiger partial charge in [-0.05, 0) is 24.7 Å². The van der Waals surface area contributed by atoms with Crippen LogP contribution >= 0.6 is 0 Å². The lowest BCUT2D eigenvalue weighted by Gasteiger charge is -2.11. The largest absolute Gasteiger partial charge is 0.467 e. The molecule has 1 unspecified atom stereocenters. The second-order valence-electron chi connectivity index (χ2n) is 4.33. The summed E-state index contributed by atoms with van der Waals surface area (Å²) in [4.78, 5) is 12.2. The molecule has 1 saturated carbocycles. The molecule has 1 heterocycles. The highest BCUT2D eigenvalue weighted by Crippen LogP contribution is 2.36. The van der Waals surface area contributed by atoms with Gasteiger partial charge in [0, 0.05) is 6.54 Å². The van der Waals surface area contributed by atoms with Gasteiger partial charge in [-0.1, -0.05) is 6.92 Å². The highest BCUT2D eigenvalue weighted by Gasteiger charge is 2.27. The number of hydrogen-bond acceptors (Lipinski definition) is 6. The summed E-state index contributed by atoms with van der Waals surface area (Å²) in [6.45, 7) is 3.10. The second-order valence-corrected chi connectivity index (χ2v) is 4.33. The number of aromatic nitrogens is 3. The molecular weight excluding hydrogens is 220 g/mol. The van der Waals surface area contributed by atoms with E-state index in [4.69, 9.17) is 9.47 Å². The predicted octanol–water partition coefficient (Wildman–Crippen LogP) is 1.35. The van der Waals surface area contributed by atoms with Gasteiger partial charge in [-0.2, -0.15) is 9.97 Å². The topological polar surface area (TPSA) is 69.2 Å². The molecule has 6 heteroatoms. The van der Waals surface area contributed by atoms with Gasteiger partial charge in [0.05, 0.1) is 14.2 Å². The van der Waals surface area contributed by atoms with Crippen LogP contribution in [0.15, 0.2) is 0 Å². The van der Waals surface area contributed by atoms with Gasteiger partial charge in [-0.3, -0.25) is 0 Å². The van der Waals surface area contributed by atoms with Crippen LogP contribution in [0.1, 0.15) is 19.8 Å². The van der Waals surface area contributed by atoms with E-state index < -0.39 is 0 Å². The zero-order valence-electron chi connectivity index (χ0n) is 10.4. The summed E-state index contributed by atoms with van der Waals surface area (Å²) >= 11 is 0. The van der Waals surface area contributed by atoms with Crippen molar-refractivity contribution in [1.29, 1.82) is 0 Å². The molecule has 6 nitrogen and oxygen atoms in total. The fourth-order valence-electron chi connectivity index (χ4n) is 1.68. The molecule has 1 aliphatic rings. The Labute approximate surface area is 101 Å². The monoisotopic (exact) mass is 238 g/mol. The van der Waals surface area contributed by atoms with Crippen LogP contribution in [0.5, 0.6) is 12.0 Å². The van der Waals surface area contributed by atoms with Gasteiger partial charge in [0.25, 0.3) is 0 Å². The Kier molecular flexibility index (Phi) is 3.61. The zero-order chi connectivity index (χ0) is 12.3. The first-order chi connectivity index (χ1) is 8.22. The molecule has 0 bridgehead atoms. The Bertz CT molecular complexity index is 359. The van der Waals surface area contributed by atoms with Gasteiger partial charge in [-0.25, -0.2) is 0 Å². The molecule has 1 aromatic rings. The van der Waals surface area contributed by atoms with Gasteiger partial charge >= 0.3 is 12.0 Å². The van der Waals surface area contributed by atoms with Crippen molar-refractivity contribution in [3.63, 3.8) is 0 Å². The molecule has 0 spiro atoms. The van der Waals surface area contributed by atoms with Crippen LogP contribution in [0.4, 0.5) is 5.95 Å². The molecule has 0 saturated heterocycles. The average Bonchev–Trinajstić information content (AvgIpc) is 3.19. The van der Waals surface area contributed by atoms with E-state index in [0.29, 0.717) is 11.9 Å². The Morgan fingerprint density at radius 2 is 1.76 bits per heavy atom. The Balaban J connectivity index is 1.98. The van der Waals surface area contributed by atoms with E-state index in [0.717, 1.165) is 12.5 Å². The third-order valence-electron chi connectivity index (χ3n) is 2.97. The maximum absolute atomic E-state index is 4.98. The van der Waals surface area contributed by atoms with Crippen molar-refractivity contribution in [2.24, 2.45) is 11.8 Å². The molecule has 0 aliphatic heterocycles. The van der Waals surface area contributed by atoms with Crippen molar-refractivity contribution in [2.45, 2.75) is 19.8 Å². The van der Waals surface area contributed by atoms with Crippen LogP contribution < -0.4 is 14.8 Å². The van der Waals surface area contributed by atoms with Gasteiger partial charge < -0.3 is 14.8 Å². The fraction of sp³-hybridized carbons (Fsp3) is 0.727. The Hall–Kier alpha value is -1.59. The molecular formula is C11H18N4O2. The molecule has 1 N–H and O–H groups in total. The SMILES string of the molecule is COc1nc(NCC(C)C2CC2)nc(OC)n1. The first kappa shape index (κ1) is 11.9. The molecule has 1 aliphatic carbocycles. The van der Waals surface area contributed by atoms with Crippen LogP contribution in [0.25, 0.3) is 0 Å². The lowest BCUT2D eigenvalue weighted by Crippen LogP contribution is -2.15. The second kappa shape index (κ2) is 5.16. The lowest BCUT2D eigenvalue weighted by molar-refractivity contribution is 0.341. The first-order valence-electron chi connectivity index (χ1n) is 5.81. The van der Waals surface area contributed by atoms with Crippen molar-refractivity contribution in [3.8, 4) is 12.0 Å². The average molecular weight is 238 g/mol. The number of hydrogen-bond donors (Lipinski definition) is 1. The molecule has 1 atom stereocenters. The van der Waals surface area contributed by atoms with Crippen LogP contribution in [0, 0.1) is 11.8 Å². The highest BCUT2D eigenvalue weighted by atomic mass is 16.5. The zero-order valence-corrected chi connectivity index (χ0v) is 10.4. The van der Waals surface area contributed by atoms with Crippen molar-refractivity contribution >= 4 is 5.95 Å². The number of rotatable bonds is 6. The normalized spacial score (nSPS) is 16.4. The maximum Gasteiger partial charge on any atom is 0.324 e. The molecule has 2 rings (SSSR count). The fourth-order valence-corrected chi connectivity index (χ4v) is 1.68. The minimum atomic E-state index is 0.262. The molecule has 17 heavy (non-hydrogen) atoms. The Morgan fingerprint density at radius 3 is 2.24 bits per heavy atom. The van der Waals surface area contributed by atoms with Crippen LogP contribution in [-0.2, 0) is 0 Å². The number of methoxy groups -OCH3 is 2.